The van der Waals surface area contributed by atoms with Crippen LogP contribution >= 0.6 is 0 Å². The van der Waals surface area contributed by atoms with Gasteiger partial charge in [-0.2, -0.15) is 0 Å². The maximum atomic E-state index is 13.6. The largest absolute Gasteiger partial charge is 0.365 e. The van der Waals surface area contributed by atoms with E-state index < -0.39 is 0 Å². The van der Waals surface area contributed by atoms with Crippen LogP contribution in [-0.2, 0) is 0 Å². The summed E-state index contributed by atoms with van der Waals surface area (Å²) in [6.07, 6.45) is 3.80. The third-order valence-corrected chi connectivity index (χ3v) is 4.59. The van der Waals surface area contributed by atoms with E-state index in [4.69, 9.17) is 0 Å². The molecule has 0 radical (unpaired) electrons. The molecule has 1 heterocycles. The Bertz CT molecular complexity index is 456. The zero-order chi connectivity index (χ0) is 13.4. The molecular weight excluding hydrogens is 239 g/mol. The van der Waals surface area contributed by atoms with Gasteiger partial charge in [-0.25, -0.2) is 4.39 Å². The van der Waals surface area contributed by atoms with Gasteiger partial charge in [0, 0.05) is 30.9 Å². The van der Waals surface area contributed by atoms with Gasteiger partial charge < -0.3 is 10.2 Å². The molecule has 1 aromatic rings. The highest BCUT2D eigenvalue weighted by atomic mass is 19.1. The number of piperazine rings is 1. The molecule has 2 fully saturated rings. The molecule has 2 aliphatic rings. The maximum Gasteiger partial charge on any atom is 0.125 e. The normalized spacial score (nSPS) is 27.6. The van der Waals surface area contributed by atoms with Crippen molar-refractivity contribution in [1.82, 2.24) is 5.32 Å². The summed E-state index contributed by atoms with van der Waals surface area (Å²) < 4.78 is 13.6. The van der Waals surface area contributed by atoms with Crippen LogP contribution in [0.15, 0.2) is 18.2 Å². The summed E-state index contributed by atoms with van der Waals surface area (Å²) in [5.41, 5.74) is 2.26. The molecule has 19 heavy (non-hydrogen) atoms. The molecule has 1 aliphatic carbocycles. The third-order valence-electron chi connectivity index (χ3n) is 4.59. The van der Waals surface area contributed by atoms with Crippen molar-refractivity contribution in [3.05, 3.63) is 29.6 Å². The predicted octanol–water partition coefficient (Wildman–Crippen LogP) is 3.10. The van der Waals surface area contributed by atoms with Gasteiger partial charge in [0.05, 0.1) is 0 Å². The van der Waals surface area contributed by atoms with Gasteiger partial charge >= 0.3 is 0 Å². The lowest BCUT2D eigenvalue weighted by molar-refractivity contribution is 0.359. The van der Waals surface area contributed by atoms with Crippen LogP contribution in [0.1, 0.15) is 31.7 Å². The van der Waals surface area contributed by atoms with Crippen LogP contribution < -0.4 is 10.2 Å². The van der Waals surface area contributed by atoms with E-state index in [0.29, 0.717) is 12.1 Å². The number of nitrogens with zero attached hydrogens (tertiary/aromatic N) is 1. The second-order valence-corrected chi connectivity index (χ2v) is 6.00. The van der Waals surface area contributed by atoms with Gasteiger partial charge in [0.15, 0.2) is 0 Å². The number of hydrogen-bond donors (Lipinski definition) is 1. The Morgan fingerprint density at radius 2 is 2.16 bits per heavy atom. The predicted molar refractivity (Wildman–Crippen MR) is 77.1 cm³/mol. The van der Waals surface area contributed by atoms with E-state index in [1.54, 1.807) is 12.1 Å². The Morgan fingerprint density at radius 1 is 1.37 bits per heavy atom. The van der Waals surface area contributed by atoms with Gasteiger partial charge in [0.25, 0.3) is 0 Å². The van der Waals surface area contributed by atoms with Gasteiger partial charge in [0.2, 0.25) is 0 Å². The standard InChI is InChI=1S/C16H23FN2/c1-3-14-9-18-15(12-5-6-12)10-19(14)16-8-13(17)7-4-11(16)2/h4,7-8,12,14-15,18H,3,5-6,9-10H2,1-2H3. The third kappa shape index (κ3) is 2.62. The molecule has 3 rings (SSSR count). The van der Waals surface area contributed by atoms with Gasteiger partial charge in [0.1, 0.15) is 5.82 Å². The van der Waals surface area contributed by atoms with E-state index in [0.717, 1.165) is 31.1 Å². The Morgan fingerprint density at radius 3 is 2.84 bits per heavy atom. The minimum atomic E-state index is -0.128. The molecule has 0 bridgehead atoms. The van der Waals surface area contributed by atoms with E-state index in [2.05, 4.69) is 24.1 Å². The van der Waals surface area contributed by atoms with Crippen LogP contribution in [-0.4, -0.2) is 25.2 Å². The highest BCUT2D eigenvalue weighted by Gasteiger charge is 2.37. The van der Waals surface area contributed by atoms with Crippen LogP contribution in [0, 0.1) is 18.7 Å². The molecule has 3 heteroatoms. The number of benzene rings is 1. The quantitative estimate of drug-likeness (QED) is 0.900. The first-order valence-electron chi connectivity index (χ1n) is 7.45. The van der Waals surface area contributed by atoms with Crippen LogP contribution in [0.2, 0.25) is 0 Å². The van der Waals surface area contributed by atoms with Crippen LogP contribution in [0.25, 0.3) is 0 Å². The molecule has 2 atom stereocenters. The number of halogens is 1. The second-order valence-electron chi connectivity index (χ2n) is 6.00. The number of nitrogens with one attached hydrogen (secondary N) is 1. The molecule has 0 spiro atoms. The minimum absolute atomic E-state index is 0.128. The smallest absolute Gasteiger partial charge is 0.125 e. The van der Waals surface area contributed by atoms with Crippen molar-refractivity contribution >= 4 is 5.69 Å². The fraction of sp³-hybridized carbons (Fsp3) is 0.625. The molecular formula is C16H23FN2. The lowest BCUT2D eigenvalue weighted by Gasteiger charge is -2.42. The highest BCUT2D eigenvalue weighted by Crippen LogP contribution is 2.36. The fourth-order valence-corrected chi connectivity index (χ4v) is 3.19. The highest BCUT2D eigenvalue weighted by molar-refractivity contribution is 5.55. The summed E-state index contributed by atoms with van der Waals surface area (Å²) in [5, 5.41) is 3.68. The van der Waals surface area contributed by atoms with Gasteiger partial charge in [-0.3, -0.25) is 0 Å². The first kappa shape index (κ1) is 12.9. The molecule has 1 saturated carbocycles. The molecule has 1 aromatic carbocycles. The molecule has 2 unspecified atom stereocenters. The lowest BCUT2D eigenvalue weighted by Crippen LogP contribution is -2.57. The van der Waals surface area contributed by atoms with Crippen LogP contribution in [0.5, 0.6) is 0 Å². The summed E-state index contributed by atoms with van der Waals surface area (Å²) in [4.78, 5) is 2.43. The molecule has 1 saturated heterocycles. The van der Waals surface area contributed by atoms with E-state index in [1.807, 2.05) is 6.07 Å². The lowest BCUT2D eigenvalue weighted by atomic mass is 10.0. The number of hydrogen-bond acceptors (Lipinski definition) is 2. The van der Waals surface area contributed by atoms with E-state index in [-0.39, 0.29) is 5.82 Å². The van der Waals surface area contributed by atoms with Crippen molar-refractivity contribution in [2.75, 3.05) is 18.0 Å². The SMILES string of the molecule is CCC1CNC(C2CC2)CN1c1cc(F)ccc1C. The summed E-state index contributed by atoms with van der Waals surface area (Å²) in [5.74, 6) is 0.714. The van der Waals surface area contributed by atoms with Crippen molar-refractivity contribution in [1.29, 1.82) is 0 Å². The fourth-order valence-electron chi connectivity index (χ4n) is 3.19. The molecule has 2 nitrogen and oxygen atoms in total. The number of rotatable bonds is 3. The maximum absolute atomic E-state index is 13.6. The van der Waals surface area contributed by atoms with E-state index in [1.165, 1.54) is 18.4 Å². The van der Waals surface area contributed by atoms with E-state index in [9.17, 15) is 4.39 Å². The topological polar surface area (TPSA) is 15.3 Å². The first-order valence-corrected chi connectivity index (χ1v) is 7.45. The Hall–Kier alpha value is -1.09. The number of aryl methyl sites for hydroxylation is 1. The Balaban J connectivity index is 1.87. The monoisotopic (exact) mass is 262 g/mol. The first-order chi connectivity index (χ1) is 9.19. The number of anilines is 1. The van der Waals surface area contributed by atoms with Crippen LogP contribution in [0.4, 0.5) is 10.1 Å². The molecule has 104 valence electrons. The second kappa shape index (κ2) is 5.12. The summed E-state index contributed by atoms with van der Waals surface area (Å²) in [7, 11) is 0. The molecule has 1 aliphatic heterocycles. The summed E-state index contributed by atoms with van der Waals surface area (Å²) in [6, 6.07) is 6.22. The molecule has 1 N–H and O–H groups in total. The van der Waals surface area contributed by atoms with Gasteiger partial charge in [-0.05, 0) is 49.8 Å². The molecule has 0 aromatic heterocycles. The van der Waals surface area contributed by atoms with Crippen molar-refractivity contribution in [3.8, 4) is 0 Å². The zero-order valence-electron chi connectivity index (χ0n) is 11.8. The Kier molecular flexibility index (Phi) is 3.48. The van der Waals surface area contributed by atoms with Crippen LogP contribution in [0.3, 0.4) is 0 Å². The summed E-state index contributed by atoms with van der Waals surface area (Å²) in [6.45, 7) is 6.34. The van der Waals surface area contributed by atoms with Gasteiger partial charge in [-0.15, -0.1) is 0 Å². The van der Waals surface area contributed by atoms with Crippen molar-refractivity contribution in [2.24, 2.45) is 5.92 Å². The summed E-state index contributed by atoms with van der Waals surface area (Å²) >= 11 is 0. The average molecular weight is 262 g/mol. The van der Waals surface area contributed by atoms with Gasteiger partial charge in [-0.1, -0.05) is 13.0 Å². The van der Waals surface area contributed by atoms with Crippen molar-refractivity contribution < 1.29 is 4.39 Å². The Labute approximate surface area is 115 Å². The molecule has 0 amide bonds. The minimum Gasteiger partial charge on any atom is -0.365 e. The van der Waals surface area contributed by atoms with E-state index >= 15 is 0 Å². The average Bonchev–Trinajstić information content (AvgIpc) is 3.25. The van der Waals surface area contributed by atoms with Crippen molar-refractivity contribution in [2.45, 2.75) is 45.2 Å². The zero-order valence-corrected chi connectivity index (χ0v) is 11.8. The van der Waals surface area contributed by atoms with Crippen molar-refractivity contribution in [3.63, 3.8) is 0 Å².